The molecule has 0 bridgehead atoms. The SMILES string of the molecule is COCCCC(=O)C1=CCCCCC1. The highest BCUT2D eigenvalue weighted by Gasteiger charge is 2.10. The number of carbonyl (C=O) groups is 1. The molecule has 0 heterocycles. The molecule has 2 heteroatoms. The quantitative estimate of drug-likeness (QED) is 0.632. The molecular formula is C12H20O2. The zero-order valence-corrected chi connectivity index (χ0v) is 9.05. The van der Waals surface area contributed by atoms with Gasteiger partial charge in [-0.2, -0.15) is 0 Å². The number of rotatable bonds is 5. The van der Waals surface area contributed by atoms with Crippen LogP contribution in [0, 0.1) is 0 Å². The van der Waals surface area contributed by atoms with Crippen molar-refractivity contribution in [3.8, 4) is 0 Å². The van der Waals surface area contributed by atoms with E-state index in [0.717, 1.165) is 24.8 Å². The van der Waals surface area contributed by atoms with Crippen molar-refractivity contribution in [1.82, 2.24) is 0 Å². The van der Waals surface area contributed by atoms with Crippen LogP contribution < -0.4 is 0 Å². The summed E-state index contributed by atoms with van der Waals surface area (Å²) < 4.78 is 4.93. The lowest BCUT2D eigenvalue weighted by Gasteiger charge is -2.03. The topological polar surface area (TPSA) is 26.3 Å². The molecule has 0 amide bonds. The molecule has 1 rings (SSSR count). The van der Waals surface area contributed by atoms with Crippen LogP contribution in [-0.2, 0) is 9.53 Å². The van der Waals surface area contributed by atoms with Crippen molar-refractivity contribution in [3.63, 3.8) is 0 Å². The molecule has 0 saturated carbocycles. The van der Waals surface area contributed by atoms with Gasteiger partial charge in [0.05, 0.1) is 0 Å². The van der Waals surface area contributed by atoms with Crippen molar-refractivity contribution >= 4 is 5.78 Å². The van der Waals surface area contributed by atoms with Crippen LogP contribution >= 0.6 is 0 Å². The molecule has 0 unspecified atom stereocenters. The van der Waals surface area contributed by atoms with Crippen LogP contribution in [0.4, 0.5) is 0 Å². The Morgan fingerprint density at radius 3 is 3.07 bits per heavy atom. The van der Waals surface area contributed by atoms with Crippen molar-refractivity contribution in [1.29, 1.82) is 0 Å². The summed E-state index contributed by atoms with van der Waals surface area (Å²) >= 11 is 0. The molecule has 0 N–H and O–H groups in total. The Kier molecular flexibility index (Phi) is 5.53. The average Bonchev–Trinajstić information content (AvgIpc) is 2.46. The maximum Gasteiger partial charge on any atom is 0.158 e. The van der Waals surface area contributed by atoms with Crippen LogP contribution in [0.25, 0.3) is 0 Å². The summed E-state index contributed by atoms with van der Waals surface area (Å²) in [6.45, 7) is 0.693. The Labute approximate surface area is 86.3 Å². The Bertz CT molecular complexity index is 206. The molecule has 0 radical (unpaired) electrons. The molecule has 0 aromatic rings. The second-order valence-corrected chi connectivity index (χ2v) is 3.85. The first-order valence-electron chi connectivity index (χ1n) is 5.56. The van der Waals surface area contributed by atoms with Gasteiger partial charge in [0.1, 0.15) is 0 Å². The van der Waals surface area contributed by atoms with Gasteiger partial charge in [0, 0.05) is 20.1 Å². The monoisotopic (exact) mass is 196 g/mol. The van der Waals surface area contributed by atoms with Gasteiger partial charge in [-0.25, -0.2) is 0 Å². The number of carbonyl (C=O) groups excluding carboxylic acids is 1. The predicted octanol–water partition coefficient (Wildman–Crippen LogP) is 2.87. The van der Waals surface area contributed by atoms with E-state index < -0.39 is 0 Å². The van der Waals surface area contributed by atoms with Crippen molar-refractivity contribution in [2.45, 2.75) is 44.9 Å². The Balaban J connectivity index is 2.30. The fraction of sp³-hybridized carbons (Fsp3) is 0.750. The van der Waals surface area contributed by atoms with E-state index in [9.17, 15) is 4.79 Å². The van der Waals surface area contributed by atoms with Gasteiger partial charge in [-0.05, 0) is 37.7 Å². The largest absolute Gasteiger partial charge is 0.385 e. The lowest BCUT2D eigenvalue weighted by molar-refractivity contribution is -0.116. The van der Waals surface area contributed by atoms with Gasteiger partial charge in [-0.1, -0.05) is 12.5 Å². The zero-order valence-electron chi connectivity index (χ0n) is 9.05. The number of methoxy groups -OCH3 is 1. The van der Waals surface area contributed by atoms with Gasteiger partial charge in [0.15, 0.2) is 5.78 Å². The lowest BCUT2D eigenvalue weighted by Crippen LogP contribution is -2.04. The maximum absolute atomic E-state index is 11.7. The van der Waals surface area contributed by atoms with E-state index in [1.807, 2.05) is 0 Å². The first-order chi connectivity index (χ1) is 6.84. The molecule has 0 aromatic carbocycles. The summed E-state index contributed by atoms with van der Waals surface area (Å²) in [6, 6.07) is 0. The standard InChI is InChI=1S/C12H20O2/c1-14-10-6-9-12(13)11-7-4-2-3-5-8-11/h7H,2-6,8-10H2,1H3. The van der Waals surface area contributed by atoms with Gasteiger partial charge in [0.25, 0.3) is 0 Å². The summed E-state index contributed by atoms with van der Waals surface area (Å²) in [7, 11) is 1.68. The van der Waals surface area contributed by atoms with Gasteiger partial charge >= 0.3 is 0 Å². The van der Waals surface area contributed by atoms with Crippen LogP contribution in [0.2, 0.25) is 0 Å². The van der Waals surface area contributed by atoms with Crippen molar-refractivity contribution in [2.24, 2.45) is 0 Å². The summed E-state index contributed by atoms with van der Waals surface area (Å²) in [5.74, 6) is 0.337. The third-order valence-corrected chi connectivity index (χ3v) is 2.65. The van der Waals surface area contributed by atoms with Gasteiger partial charge in [-0.15, -0.1) is 0 Å². The van der Waals surface area contributed by atoms with Crippen LogP contribution in [0.15, 0.2) is 11.6 Å². The number of allylic oxidation sites excluding steroid dienone is 2. The highest BCUT2D eigenvalue weighted by atomic mass is 16.5. The normalized spacial score (nSPS) is 17.4. The maximum atomic E-state index is 11.7. The highest BCUT2D eigenvalue weighted by molar-refractivity contribution is 5.95. The smallest absolute Gasteiger partial charge is 0.158 e. The minimum absolute atomic E-state index is 0.337. The third kappa shape index (κ3) is 4.05. The lowest BCUT2D eigenvalue weighted by atomic mass is 10.0. The molecule has 1 aliphatic rings. The highest BCUT2D eigenvalue weighted by Crippen LogP contribution is 2.19. The molecule has 0 aliphatic heterocycles. The molecule has 2 nitrogen and oxygen atoms in total. The van der Waals surface area contributed by atoms with Crippen molar-refractivity contribution in [3.05, 3.63) is 11.6 Å². The minimum Gasteiger partial charge on any atom is -0.385 e. The van der Waals surface area contributed by atoms with E-state index in [1.54, 1.807) is 7.11 Å². The van der Waals surface area contributed by atoms with Gasteiger partial charge < -0.3 is 4.74 Å². The van der Waals surface area contributed by atoms with Crippen molar-refractivity contribution < 1.29 is 9.53 Å². The molecule has 0 spiro atoms. The van der Waals surface area contributed by atoms with E-state index in [1.165, 1.54) is 19.3 Å². The predicted molar refractivity (Wildman–Crippen MR) is 57.3 cm³/mol. The first kappa shape index (κ1) is 11.4. The van der Waals surface area contributed by atoms with Crippen LogP contribution in [0.1, 0.15) is 44.9 Å². The summed E-state index contributed by atoms with van der Waals surface area (Å²) in [6.07, 6.45) is 9.42. The Morgan fingerprint density at radius 1 is 1.43 bits per heavy atom. The molecule has 0 aromatic heterocycles. The number of ketones is 1. The average molecular weight is 196 g/mol. The van der Waals surface area contributed by atoms with Crippen LogP contribution in [-0.4, -0.2) is 19.5 Å². The molecule has 80 valence electrons. The van der Waals surface area contributed by atoms with E-state index in [2.05, 4.69) is 6.08 Å². The number of ether oxygens (including phenoxy) is 1. The van der Waals surface area contributed by atoms with E-state index in [-0.39, 0.29) is 0 Å². The fourth-order valence-electron chi connectivity index (χ4n) is 1.81. The number of hydrogen-bond donors (Lipinski definition) is 0. The Hall–Kier alpha value is -0.630. The summed E-state index contributed by atoms with van der Waals surface area (Å²) in [4.78, 5) is 11.7. The number of Topliss-reactive ketones (excluding diaryl/α,β-unsaturated/α-hetero) is 1. The second-order valence-electron chi connectivity index (χ2n) is 3.85. The molecule has 0 fully saturated rings. The van der Waals surface area contributed by atoms with E-state index in [0.29, 0.717) is 18.8 Å². The van der Waals surface area contributed by atoms with Crippen LogP contribution in [0.3, 0.4) is 0 Å². The van der Waals surface area contributed by atoms with Crippen LogP contribution in [0.5, 0.6) is 0 Å². The van der Waals surface area contributed by atoms with Crippen molar-refractivity contribution in [2.75, 3.05) is 13.7 Å². The molecule has 14 heavy (non-hydrogen) atoms. The molecule has 1 aliphatic carbocycles. The minimum atomic E-state index is 0.337. The summed E-state index contributed by atoms with van der Waals surface area (Å²) in [5, 5.41) is 0. The first-order valence-corrected chi connectivity index (χ1v) is 5.56. The molecular weight excluding hydrogens is 176 g/mol. The molecule has 0 saturated heterocycles. The summed E-state index contributed by atoms with van der Waals surface area (Å²) in [5.41, 5.74) is 1.07. The van der Waals surface area contributed by atoms with Gasteiger partial charge in [-0.3, -0.25) is 4.79 Å². The fourth-order valence-corrected chi connectivity index (χ4v) is 1.81. The van der Waals surface area contributed by atoms with E-state index >= 15 is 0 Å². The number of hydrogen-bond acceptors (Lipinski definition) is 2. The van der Waals surface area contributed by atoms with E-state index in [4.69, 9.17) is 4.74 Å². The molecule has 0 atom stereocenters. The second kappa shape index (κ2) is 6.77. The Morgan fingerprint density at radius 2 is 2.29 bits per heavy atom. The van der Waals surface area contributed by atoms with Gasteiger partial charge in [0.2, 0.25) is 0 Å². The zero-order chi connectivity index (χ0) is 10.2. The third-order valence-electron chi connectivity index (χ3n) is 2.65.